The molecule has 0 atom stereocenters. The Hall–Kier alpha value is -2.02. The van der Waals surface area contributed by atoms with Crippen molar-refractivity contribution in [2.24, 2.45) is 4.99 Å². The molecule has 0 aliphatic carbocycles. The maximum atomic E-state index is 10.1. The van der Waals surface area contributed by atoms with Crippen molar-refractivity contribution < 1.29 is 5.11 Å². The van der Waals surface area contributed by atoms with Gasteiger partial charge in [-0.1, -0.05) is 22.0 Å². The van der Waals surface area contributed by atoms with Crippen LogP contribution in [0.1, 0.15) is 11.1 Å². The second-order valence-corrected chi connectivity index (χ2v) is 8.92. The molecule has 0 saturated heterocycles. The van der Waals surface area contributed by atoms with Crippen LogP contribution in [-0.4, -0.2) is 16.3 Å². The van der Waals surface area contributed by atoms with E-state index in [-0.39, 0.29) is 5.75 Å². The van der Waals surface area contributed by atoms with Gasteiger partial charge in [0.25, 0.3) is 0 Å². The molecule has 1 aromatic heterocycles. The molecule has 134 valence electrons. The monoisotopic (exact) mass is 500 g/mol. The highest BCUT2D eigenvalue weighted by Gasteiger charge is 2.07. The average Bonchev–Trinajstić information content (AvgIpc) is 3.07. The Morgan fingerprint density at radius 1 is 1.04 bits per heavy atom. The van der Waals surface area contributed by atoms with Gasteiger partial charge in [0.15, 0.2) is 0 Å². The highest BCUT2D eigenvalue weighted by Crippen LogP contribution is 2.33. The first kappa shape index (κ1) is 18.3. The lowest BCUT2D eigenvalue weighted by molar-refractivity contribution is 0.471. The number of aryl methyl sites for hydroxylation is 1. The normalized spacial score (nSPS) is 11.5. The Kier molecular flexibility index (Phi) is 5.12. The van der Waals surface area contributed by atoms with Crippen molar-refractivity contribution >= 4 is 65.3 Å². The van der Waals surface area contributed by atoms with Crippen molar-refractivity contribution in [3.8, 4) is 16.3 Å². The third-order valence-corrected chi connectivity index (χ3v) is 6.20. The van der Waals surface area contributed by atoms with Crippen LogP contribution in [0.15, 0.2) is 68.5 Å². The topological polar surface area (TPSA) is 45.5 Å². The predicted molar refractivity (Wildman–Crippen MR) is 121 cm³/mol. The largest absolute Gasteiger partial charge is 0.506 e. The standard InChI is InChI=1S/C21H14Br2N2OS/c1-12-2-7-18-19(8-12)27-21(25-18)13-3-5-16(6-4-13)24-11-14-9-15(22)10-17(23)20(14)26/h2-11,26H,1H3. The van der Waals surface area contributed by atoms with Crippen LogP contribution in [0.5, 0.6) is 5.75 Å². The van der Waals surface area contributed by atoms with Gasteiger partial charge >= 0.3 is 0 Å². The Bertz CT molecular complexity index is 1170. The van der Waals surface area contributed by atoms with E-state index in [0.717, 1.165) is 26.2 Å². The number of fused-ring (bicyclic) bond motifs is 1. The highest BCUT2D eigenvalue weighted by molar-refractivity contribution is 9.11. The van der Waals surface area contributed by atoms with E-state index in [1.807, 2.05) is 30.3 Å². The van der Waals surface area contributed by atoms with Gasteiger partial charge < -0.3 is 5.11 Å². The lowest BCUT2D eigenvalue weighted by atomic mass is 10.2. The molecular weight excluding hydrogens is 488 g/mol. The Morgan fingerprint density at radius 2 is 1.81 bits per heavy atom. The summed E-state index contributed by atoms with van der Waals surface area (Å²) in [5.41, 5.74) is 4.79. The van der Waals surface area contributed by atoms with E-state index in [1.165, 1.54) is 10.3 Å². The number of hydrogen-bond acceptors (Lipinski definition) is 4. The quantitative estimate of drug-likeness (QED) is 0.300. The van der Waals surface area contributed by atoms with Crippen LogP contribution >= 0.6 is 43.2 Å². The Balaban J connectivity index is 1.60. The van der Waals surface area contributed by atoms with Gasteiger partial charge in [0, 0.05) is 21.8 Å². The van der Waals surface area contributed by atoms with Crippen molar-refractivity contribution in [1.82, 2.24) is 4.98 Å². The van der Waals surface area contributed by atoms with Crippen molar-refractivity contribution in [2.75, 3.05) is 0 Å². The first-order chi connectivity index (χ1) is 13.0. The summed E-state index contributed by atoms with van der Waals surface area (Å²) in [6, 6.07) is 17.9. The van der Waals surface area contributed by atoms with E-state index in [9.17, 15) is 5.11 Å². The lowest BCUT2D eigenvalue weighted by Gasteiger charge is -2.03. The van der Waals surface area contributed by atoms with Gasteiger partial charge in [0.05, 0.1) is 20.4 Å². The number of phenols is 1. The zero-order chi connectivity index (χ0) is 19.0. The summed E-state index contributed by atoms with van der Waals surface area (Å²) in [4.78, 5) is 9.18. The van der Waals surface area contributed by atoms with Gasteiger partial charge in [-0.05, 0) is 76.9 Å². The second kappa shape index (κ2) is 7.54. The van der Waals surface area contributed by atoms with Crippen molar-refractivity contribution in [1.29, 1.82) is 0 Å². The van der Waals surface area contributed by atoms with E-state index in [1.54, 1.807) is 23.6 Å². The fourth-order valence-corrected chi connectivity index (χ4v) is 5.00. The minimum absolute atomic E-state index is 0.170. The maximum Gasteiger partial charge on any atom is 0.138 e. The molecule has 0 unspecified atom stereocenters. The molecule has 0 bridgehead atoms. The number of benzene rings is 3. The van der Waals surface area contributed by atoms with Gasteiger partial charge in [-0.3, -0.25) is 4.99 Å². The number of hydrogen-bond donors (Lipinski definition) is 1. The maximum absolute atomic E-state index is 10.1. The van der Waals surface area contributed by atoms with Crippen molar-refractivity contribution in [3.63, 3.8) is 0 Å². The molecule has 0 aliphatic rings. The first-order valence-electron chi connectivity index (χ1n) is 8.19. The smallest absolute Gasteiger partial charge is 0.138 e. The summed E-state index contributed by atoms with van der Waals surface area (Å²) < 4.78 is 2.69. The molecular formula is C21H14Br2N2OS. The molecule has 0 aliphatic heterocycles. The summed E-state index contributed by atoms with van der Waals surface area (Å²) in [5, 5.41) is 11.1. The fourth-order valence-electron chi connectivity index (χ4n) is 2.67. The molecule has 3 nitrogen and oxygen atoms in total. The molecule has 0 radical (unpaired) electrons. The van der Waals surface area contributed by atoms with Gasteiger partial charge in [-0.15, -0.1) is 11.3 Å². The van der Waals surface area contributed by atoms with Crippen molar-refractivity contribution in [3.05, 3.63) is 74.7 Å². The number of rotatable bonds is 3. The molecule has 4 rings (SSSR count). The van der Waals surface area contributed by atoms with Gasteiger partial charge in [0.1, 0.15) is 10.8 Å². The Labute approximate surface area is 177 Å². The van der Waals surface area contributed by atoms with E-state index < -0.39 is 0 Å². The SMILES string of the molecule is Cc1ccc2nc(-c3ccc(N=Cc4cc(Br)cc(Br)c4O)cc3)sc2c1. The van der Waals surface area contributed by atoms with Gasteiger partial charge in [0.2, 0.25) is 0 Å². The molecule has 0 fully saturated rings. The van der Waals surface area contributed by atoms with Crippen LogP contribution in [0.25, 0.3) is 20.8 Å². The molecule has 1 heterocycles. The third-order valence-electron chi connectivity index (χ3n) is 4.07. The molecule has 6 heteroatoms. The van der Waals surface area contributed by atoms with E-state index >= 15 is 0 Å². The van der Waals surface area contributed by atoms with E-state index in [0.29, 0.717) is 10.0 Å². The molecule has 3 aromatic carbocycles. The number of phenolic OH excluding ortho intramolecular Hbond substituents is 1. The van der Waals surface area contributed by atoms with Crippen LogP contribution < -0.4 is 0 Å². The number of aliphatic imine (C=N–C) groups is 1. The number of halogens is 2. The van der Waals surface area contributed by atoms with Crippen LogP contribution in [0.4, 0.5) is 5.69 Å². The summed E-state index contributed by atoms with van der Waals surface area (Å²) in [5.74, 6) is 0.170. The predicted octanol–water partition coefficient (Wildman–Crippen LogP) is 7.25. The fraction of sp³-hybridized carbons (Fsp3) is 0.0476. The molecule has 0 spiro atoms. The zero-order valence-corrected chi connectivity index (χ0v) is 18.3. The molecule has 0 saturated carbocycles. The summed E-state index contributed by atoms with van der Waals surface area (Å²) in [7, 11) is 0. The average molecular weight is 502 g/mol. The Morgan fingerprint density at radius 3 is 2.59 bits per heavy atom. The highest BCUT2D eigenvalue weighted by atomic mass is 79.9. The van der Waals surface area contributed by atoms with E-state index in [2.05, 4.69) is 62.0 Å². The second-order valence-electron chi connectivity index (χ2n) is 6.12. The number of aromatic nitrogens is 1. The summed E-state index contributed by atoms with van der Waals surface area (Å²) in [6.07, 6.45) is 1.65. The number of thiazole rings is 1. The van der Waals surface area contributed by atoms with Crippen LogP contribution in [0.2, 0.25) is 0 Å². The van der Waals surface area contributed by atoms with Gasteiger partial charge in [-0.2, -0.15) is 0 Å². The number of aromatic hydroxyl groups is 1. The third kappa shape index (κ3) is 3.98. The first-order valence-corrected chi connectivity index (χ1v) is 10.6. The molecule has 27 heavy (non-hydrogen) atoms. The van der Waals surface area contributed by atoms with Crippen LogP contribution in [0.3, 0.4) is 0 Å². The number of nitrogens with zero attached hydrogens (tertiary/aromatic N) is 2. The lowest BCUT2D eigenvalue weighted by Crippen LogP contribution is -1.84. The van der Waals surface area contributed by atoms with E-state index in [4.69, 9.17) is 4.98 Å². The molecule has 1 N–H and O–H groups in total. The zero-order valence-electron chi connectivity index (χ0n) is 14.3. The van der Waals surface area contributed by atoms with Crippen LogP contribution in [-0.2, 0) is 0 Å². The molecule has 4 aromatic rings. The minimum atomic E-state index is 0.170. The minimum Gasteiger partial charge on any atom is -0.506 e. The van der Waals surface area contributed by atoms with Crippen molar-refractivity contribution in [2.45, 2.75) is 6.92 Å². The summed E-state index contributed by atoms with van der Waals surface area (Å²) in [6.45, 7) is 2.09. The van der Waals surface area contributed by atoms with Gasteiger partial charge in [-0.25, -0.2) is 4.98 Å². The van der Waals surface area contributed by atoms with Crippen LogP contribution in [0, 0.1) is 6.92 Å². The molecule has 0 amide bonds. The summed E-state index contributed by atoms with van der Waals surface area (Å²) >= 11 is 8.44.